The monoisotopic (exact) mass is 1170 g/mol. The van der Waals surface area contributed by atoms with Gasteiger partial charge in [-0.05, 0) is 151 Å². The Morgan fingerprint density at radius 3 is 1.95 bits per heavy atom. The first-order chi connectivity index (χ1) is 45.2. The first kappa shape index (κ1) is 45.1. The van der Waals surface area contributed by atoms with Crippen LogP contribution in [-0.2, 0) is 16.2 Å². The van der Waals surface area contributed by atoms with Gasteiger partial charge in [0.25, 0.3) is 6.71 Å². The lowest BCUT2D eigenvalue weighted by atomic mass is 9.33. The number of hydrogen-bond acceptors (Lipinski definition) is 6. The molecule has 0 saturated carbocycles. The second-order valence-corrected chi connectivity index (χ2v) is 27.9. The highest BCUT2D eigenvalue weighted by Crippen LogP contribution is 2.55. The van der Waals surface area contributed by atoms with Gasteiger partial charge in [-0.1, -0.05) is 190 Å². The van der Waals surface area contributed by atoms with E-state index in [1.54, 1.807) is 23.5 Å². The maximum Gasteiger partial charge on any atom is 0.254 e. The van der Waals surface area contributed by atoms with Crippen molar-refractivity contribution in [2.45, 2.75) is 83.5 Å². The fourth-order valence-corrected chi connectivity index (χ4v) is 15.1. The van der Waals surface area contributed by atoms with E-state index in [4.69, 9.17) is 21.2 Å². The van der Waals surface area contributed by atoms with Crippen LogP contribution in [0.5, 0.6) is 0 Å². The quantitative estimate of drug-likeness (QED) is 0.138. The van der Waals surface area contributed by atoms with Crippen LogP contribution in [0.4, 0.5) is 34.1 Å². The Morgan fingerprint density at radius 1 is 0.517 bits per heavy atom. The van der Waals surface area contributed by atoms with Gasteiger partial charge in [0.2, 0.25) is 0 Å². The van der Waals surface area contributed by atoms with Gasteiger partial charge in [0.15, 0.2) is 5.58 Å². The number of nitrogens with zero attached hydrogens (tertiary/aromatic N) is 4. The molecule has 3 aromatic heterocycles. The van der Waals surface area contributed by atoms with E-state index >= 15 is 0 Å². The molecule has 5 heterocycles. The van der Waals surface area contributed by atoms with Crippen LogP contribution in [0.1, 0.15) is 95.5 Å². The fourth-order valence-electron chi connectivity index (χ4n) is 13.7. The Balaban J connectivity index is 1.16. The zero-order valence-corrected chi connectivity index (χ0v) is 51.4. The molecule has 0 saturated heterocycles. The average molecular weight is 1170 g/mol. The van der Waals surface area contributed by atoms with Crippen molar-refractivity contribution >= 4 is 145 Å². The molecule has 5 nitrogen and oxygen atoms in total. The molecule has 87 heavy (non-hydrogen) atoms. The molecule has 0 aliphatic carbocycles. The van der Waals surface area contributed by atoms with Crippen molar-refractivity contribution < 1.29 is 15.4 Å². The van der Waals surface area contributed by atoms with Gasteiger partial charge in [0.05, 0.1) is 50.7 Å². The summed E-state index contributed by atoms with van der Waals surface area (Å²) in [4.78, 5) is 4.47. The van der Waals surface area contributed by atoms with Crippen molar-refractivity contribution in [3.05, 3.63) is 234 Å². The molecule has 0 spiro atoms. The highest BCUT2D eigenvalue weighted by atomic mass is 32.1. The average Bonchev–Trinajstić information content (AvgIpc) is 1.65. The van der Waals surface area contributed by atoms with Gasteiger partial charge in [0, 0.05) is 74.9 Å². The van der Waals surface area contributed by atoms with E-state index in [1.807, 2.05) is 45.9 Å². The summed E-state index contributed by atoms with van der Waals surface area (Å²) in [5, 5.41) is 15.0. The molecule has 11 aromatic carbocycles. The lowest BCUT2D eigenvalue weighted by Crippen LogP contribution is -2.61. The Labute approximate surface area is 529 Å². The Morgan fingerprint density at radius 2 is 1.20 bits per heavy atom. The summed E-state index contributed by atoms with van der Waals surface area (Å²) in [5.74, 6) is 0. The number of thiophene rings is 1. The molecule has 2 aliphatic heterocycles. The Kier molecular flexibility index (Phi) is 9.92. The fraction of sp³-hybridized carbons (Fsp3) is 0.152. The smallest absolute Gasteiger partial charge is 0.254 e. The zero-order valence-electron chi connectivity index (χ0n) is 57.7. The number of fused-ring (bicyclic) bond motifs is 16. The Hall–Kier alpha value is -9.26. The van der Waals surface area contributed by atoms with Crippen molar-refractivity contribution in [3.8, 4) is 34.0 Å². The van der Waals surface area contributed by atoms with Gasteiger partial charge in [-0.3, -0.25) is 0 Å². The second-order valence-electron chi connectivity index (χ2n) is 26.4. The van der Waals surface area contributed by atoms with Crippen molar-refractivity contribution in [3.63, 3.8) is 0 Å². The topological polar surface area (TPSA) is 48.3 Å². The van der Waals surface area contributed by atoms with Crippen molar-refractivity contribution in [1.82, 2.24) is 4.57 Å². The van der Waals surface area contributed by atoms with E-state index in [9.17, 15) is 12.1 Å². The molecule has 420 valence electrons. The van der Waals surface area contributed by atoms with Gasteiger partial charge >= 0.3 is 0 Å². The third-order valence-electron chi connectivity index (χ3n) is 18.0. The van der Waals surface area contributed by atoms with Crippen LogP contribution < -0.4 is 26.2 Å². The summed E-state index contributed by atoms with van der Waals surface area (Å²) in [6.07, 6.45) is 0. The maximum atomic E-state index is 10.4. The third kappa shape index (κ3) is 8.12. The number of hydrogen-bond donors (Lipinski definition) is 1. The van der Waals surface area contributed by atoms with Gasteiger partial charge < -0.3 is 18.8 Å². The van der Waals surface area contributed by atoms with Crippen LogP contribution >= 0.6 is 24.0 Å². The summed E-state index contributed by atoms with van der Waals surface area (Å²) in [6.45, 7) is 19.4. The molecular weight excluding hydrogens is 1100 g/mol. The number of furan rings is 1. The van der Waals surface area contributed by atoms with Crippen LogP contribution in [0, 0.1) is 11.3 Å². The Bertz CT molecular complexity index is 5730. The third-order valence-corrected chi connectivity index (χ3v) is 19.5. The van der Waals surface area contributed by atoms with E-state index in [2.05, 4.69) is 189 Å². The molecule has 0 unspecified atom stereocenters. The molecule has 0 atom stereocenters. The highest BCUT2D eigenvalue weighted by molar-refractivity contribution is 7.80. The van der Waals surface area contributed by atoms with E-state index in [-0.39, 0.29) is 68.6 Å². The summed E-state index contributed by atoms with van der Waals surface area (Å²) in [7, 11) is 0. The number of aromatic nitrogens is 1. The lowest BCUT2D eigenvalue weighted by molar-refractivity contribution is 0.569. The summed E-state index contributed by atoms with van der Waals surface area (Å²) < 4.78 is 87.2. The number of thiol groups is 1. The van der Waals surface area contributed by atoms with Gasteiger partial charge in [-0.2, -0.15) is 5.26 Å². The van der Waals surface area contributed by atoms with Crippen LogP contribution in [0.3, 0.4) is 0 Å². The molecular formula is C79H63BN4OS2. The van der Waals surface area contributed by atoms with Crippen LogP contribution in [0.25, 0.3) is 91.9 Å². The molecule has 16 rings (SSSR count). The molecule has 0 fully saturated rings. The largest absolute Gasteiger partial charge is 0.454 e. The van der Waals surface area contributed by atoms with E-state index in [0.717, 1.165) is 103 Å². The molecule has 0 amide bonds. The molecule has 0 N–H and O–H groups in total. The zero-order chi connectivity index (χ0) is 66.5. The van der Waals surface area contributed by atoms with Crippen LogP contribution in [0.15, 0.2) is 221 Å². The number of benzene rings is 11. The first-order valence-corrected chi connectivity index (χ1v) is 30.8. The van der Waals surface area contributed by atoms with Crippen molar-refractivity contribution in [2.24, 2.45) is 0 Å². The maximum absolute atomic E-state index is 10.4. The van der Waals surface area contributed by atoms with E-state index in [1.165, 1.54) is 0 Å². The lowest BCUT2D eigenvalue weighted by Gasteiger charge is -2.45. The number of anilines is 6. The van der Waals surface area contributed by atoms with Gasteiger partial charge in [-0.15, -0.1) is 24.0 Å². The standard InChI is InChI=1S/C79H63BN4OS2/c1-77(2,3)50-32-36-61(57(43-50)47-21-11-10-12-22-47)83-64-44-53(82-60-26-16-13-23-54(60)58-37-46(45-81)31-35-62(58)82)33-34-59(64)80-72-65(83)40-49(48-38-51(78(4,5)6)42-52(39-48)79(7,8)9)41-66(72)84(63-27-17-19-29-68(63)86)74-73(80)76-71(56-25-15-20-30-69(56)87-76)70-55-24-14-18-28-67(55)85-75(70)74/h10-44,86H,1-9H3/i13D,16D,17D,19D,23D,26D,27D,29D. The number of nitriles is 1. The van der Waals surface area contributed by atoms with Crippen LogP contribution in [0.2, 0.25) is 0 Å². The van der Waals surface area contributed by atoms with E-state index in [0.29, 0.717) is 50.1 Å². The molecule has 0 bridgehead atoms. The number of rotatable bonds is 5. The normalized spacial score (nSPS) is 14.6. The second kappa shape index (κ2) is 19.1. The van der Waals surface area contributed by atoms with Crippen molar-refractivity contribution in [2.75, 3.05) is 9.80 Å². The summed E-state index contributed by atoms with van der Waals surface area (Å²) >= 11 is 6.89. The minimum Gasteiger partial charge on any atom is -0.454 e. The van der Waals surface area contributed by atoms with Crippen LogP contribution in [-0.4, -0.2) is 11.3 Å². The summed E-state index contributed by atoms with van der Waals surface area (Å²) in [5.41, 5.74) is 15.8. The van der Waals surface area contributed by atoms with Gasteiger partial charge in [-0.25, -0.2) is 0 Å². The molecule has 2 aliphatic rings. The minimum atomic E-state index is -0.624. The van der Waals surface area contributed by atoms with Crippen molar-refractivity contribution in [1.29, 1.82) is 5.26 Å². The predicted octanol–water partition coefficient (Wildman–Crippen LogP) is 20.5. The predicted molar refractivity (Wildman–Crippen MR) is 374 cm³/mol. The summed E-state index contributed by atoms with van der Waals surface area (Å²) in [6, 6.07) is 56.4. The first-order valence-electron chi connectivity index (χ1n) is 33.6. The number of para-hydroxylation sites is 3. The molecule has 14 aromatic rings. The van der Waals surface area contributed by atoms with E-state index < -0.39 is 18.8 Å². The SMILES string of the molecule is [2H]c1c([2H])c([2H])c(N2c3cc(-c4cc(C(C)(C)C)cc(C(C)(C)C)c4)cc4c3B(c3ccc(-n5c6ccc(C#N)cc6c6c([2H])c([2H])c([2H])c([2H])c65)cc3N4c3ccc(C(C)(C)C)cc3-c3ccccc3)c3c2c2oc4ccccc4c2c2c3sc3ccccc32)c(S)c1[2H]. The minimum absolute atomic E-state index is 0.0675. The molecule has 0 radical (unpaired) electrons. The highest BCUT2D eigenvalue weighted by Gasteiger charge is 2.48. The van der Waals surface area contributed by atoms with Gasteiger partial charge in [0.1, 0.15) is 5.58 Å². The molecule has 8 heteroatoms.